The van der Waals surface area contributed by atoms with Crippen LogP contribution in [0.2, 0.25) is 0 Å². The predicted molar refractivity (Wildman–Crippen MR) is 145 cm³/mol. The van der Waals surface area contributed by atoms with E-state index in [1.165, 1.54) is 18.0 Å². The van der Waals surface area contributed by atoms with Crippen molar-refractivity contribution in [3.05, 3.63) is 66.0 Å². The highest BCUT2D eigenvalue weighted by molar-refractivity contribution is 5.82. The van der Waals surface area contributed by atoms with Gasteiger partial charge in [0.2, 0.25) is 11.8 Å². The van der Waals surface area contributed by atoms with Crippen LogP contribution in [0, 0.1) is 5.92 Å². The van der Waals surface area contributed by atoms with E-state index in [0.717, 1.165) is 61.6 Å². The molecule has 41 heavy (non-hydrogen) atoms. The number of amides is 1. The molecule has 1 aliphatic carbocycles. The van der Waals surface area contributed by atoms with Crippen molar-refractivity contribution in [1.29, 1.82) is 0 Å². The maximum absolute atomic E-state index is 12.5. The maximum atomic E-state index is 12.5. The molecule has 2 fully saturated rings. The second kappa shape index (κ2) is 11.1. The monoisotopic (exact) mass is 565 g/mol. The minimum atomic E-state index is -4.45. The van der Waals surface area contributed by atoms with Crippen molar-refractivity contribution in [3.63, 3.8) is 0 Å². The molecule has 1 aromatic carbocycles. The number of benzene rings is 1. The molecule has 9 nitrogen and oxygen atoms in total. The van der Waals surface area contributed by atoms with Crippen molar-refractivity contribution < 1.29 is 22.7 Å². The van der Waals surface area contributed by atoms with E-state index >= 15 is 0 Å². The number of pyridine rings is 1. The number of piperazine rings is 1. The lowest BCUT2D eigenvalue weighted by atomic mass is 10.1. The highest BCUT2D eigenvalue weighted by atomic mass is 19.4. The summed E-state index contributed by atoms with van der Waals surface area (Å²) in [4.78, 5) is 37.4. The van der Waals surface area contributed by atoms with Gasteiger partial charge in [-0.25, -0.2) is 15.0 Å². The molecule has 1 aliphatic heterocycles. The fourth-order valence-corrected chi connectivity index (χ4v) is 5.19. The number of nitrogens with one attached hydrogen (secondary N) is 1. The van der Waals surface area contributed by atoms with Gasteiger partial charge < -0.3 is 14.6 Å². The molecule has 1 atom stereocenters. The third kappa shape index (κ3) is 6.48. The Morgan fingerprint density at radius 3 is 2.63 bits per heavy atom. The molecule has 2 aliphatic rings. The topological polar surface area (TPSA) is 100 Å². The summed E-state index contributed by atoms with van der Waals surface area (Å²) >= 11 is 0. The van der Waals surface area contributed by atoms with Gasteiger partial charge in [0, 0.05) is 68.1 Å². The average Bonchev–Trinajstić information content (AvgIpc) is 3.75. The van der Waals surface area contributed by atoms with Gasteiger partial charge in [-0.05, 0) is 49.6 Å². The number of ether oxygens (including phenoxy) is 1. The summed E-state index contributed by atoms with van der Waals surface area (Å²) in [5.41, 5.74) is 4.73. The molecule has 1 saturated carbocycles. The number of alkyl halides is 3. The first-order valence-electron chi connectivity index (χ1n) is 13.7. The lowest BCUT2D eigenvalue weighted by Crippen LogP contribution is -2.49. The number of aromatic amines is 1. The Bertz CT molecular complexity index is 1540. The summed E-state index contributed by atoms with van der Waals surface area (Å²) in [6.07, 6.45) is 1.13. The number of fused-ring (bicyclic) bond motifs is 1. The molecule has 12 heteroatoms. The van der Waals surface area contributed by atoms with Crippen LogP contribution < -0.4 is 4.74 Å². The highest BCUT2D eigenvalue weighted by Gasteiger charge is 2.35. The number of rotatable bonds is 8. The van der Waals surface area contributed by atoms with Crippen LogP contribution in [0.15, 0.2) is 48.9 Å². The van der Waals surface area contributed by atoms with Crippen molar-refractivity contribution in [2.24, 2.45) is 5.92 Å². The van der Waals surface area contributed by atoms with Gasteiger partial charge in [0.25, 0.3) is 0 Å². The van der Waals surface area contributed by atoms with Crippen LogP contribution in [0.4, 0.5) is 13.2 Å². The molecule has 4 aromatic rings. The summed E-state index contributed by atoms with van der Waals surface area (Å²) in [5, 5.41) is 0. The number of hydrogen-bond donors (Lipinski definition) is 1. The summed E-state index contributed by atoms with van der Waals surface area (Å²) in [5.74, 6) is 1.18. The molecular weight excluding hydrogens is 535 g/mol. The number of imidazole rings is 1. The van der Waals surface area contributed by atoms with Gasteiger partial charge in [-0.3, -0.25) is 14.7 Å². The van der Waals surface area contributed by atoms with Crippen molar-refractivity contribution in [3.8, 4) is 17.1 Å². The molecule has 0 spiro atoms. The molecule has 1 amide bonds. The molecule has 0 bridgehead atoms. The Hall–Kier alpha value is -4.06. The molecule has 3 aromatic heterocycles. The van der Waals surface area contributed by atoms with E-state index in [-0.39, 0.29) is 17.8 Å². The van der Waals surface area contributed by atoms with Gasteiger partial charge >= 0.3 is 6.18 Å². The third-order valence-electron chi connectivity index (χ3n) is 7.62. The van der Waals surface area contributed by atoms with Crippen molar-refractivity contribution in [2.45, 2.75) is 38.4 Å². The first-order chi connectivity index (χ1) is 19.7. The molecule has 0 radical (unpaired) electrons. The number of aromatic nitrogens is 5. The smallest absolute Gasteiger partial charge is 0.422 e. The van der Waals surface area contributed by atoms with Crippen LogP contribution in [0.5, 0.6) is 5.88 Å². The Morgan fingerprint density at radius 2 is 1.88 bits per heavy atom. The summed E-state index contributed by atoms with van der Waals surface area (Å²) in [7, 11) is 0. The fraction of sp³-hybridized carbons (Fsp3) is 0.414. The van der Waals surface area contributed by atoms with E-state index in [1.807, 2.05) is 29.3 Å². The van der Waals surface area contributed by atoms with Crippen molar-refractivity contribution in [1.82, 2.24) is 34.7 Å². The first-order valence-corrected chi connectivity index (χ1v) is 13.7. The molecule has 1 saturated heterocycles. The van der Waals surface area contributed by atoms with Crippen LogP contribution >= 0.6 is 0 Å². The number of carbonyl (C=O) groups excluding carboxylic acids is 1. The normalized spacial score (nSPS) is 17.1. The number of halogens is 3. The van der Waals surface area contributed by atoms with E-state index in [4.69, 9.17) is 9.72 Å². The molecule has 1 N–H and O–H groups in total. The standard InChI is InChI=1S/C29H30F3N7O2/c1-18(38-8-10-39(11-9-38)28(40)19-2-3-19)20-6-7-33-22(12-20)14-26-36-23-5-4-21(13-25(23)37-26)24-15-27(35-17-34-24)41-16-29(30,31)32/h4-7,12-13,15,17-19H,2-3,8-11,14,16H2,1H3,(H,36,37). The quantitative estimate of drug-likeness (QED) is 0.334. The maximum Gasteiger partial charge on any atom is 0.422 e. The van der Waals surface area contributed by atoms with Crippen LogP contribution in [0.25, 0.3) is 22.3 Å². The van der Waals surface area contributed by atoms with Crippen molar-refractivity contribution in [2.75, 3.05) is 32.8 Å². The summed E-state index contributed by atoms with van der Waals surface area (Å²) in [6.45, 7) is 4.02. The van der Waals surface area contributed by atoms with Gasteiger partial charge in [0.15, 0.2) is 6.61 Å². The largest absolute Gasteiger partial charge is 0.468 e. The zero-order chi connectivity index (χ0) is 28.6. The van der Waals surface area contributed by atoms with Gasteiger partial charge in [-0.2, -0.15) is 13.2 Å². The van der Waals surface area contributed by atoms with E-state index < -0.39 is 12.8 Å². The van der Waals surface area contributed by atoms with E-state index in [2.05, 4.69) is 37.8 Å². The Labute approximate surface area is 234 Å². The molecule has 214 valence electrons. The van der Waals surface area contributed by atoms with Gasteiger partial charge in [-0.15, -0.1) is 0 Å². The second-order valence-electron chi connectivity index (χ2n) is 10.6. The first kappa shape index (κ1) is 27.1. The second-order valence-corrected chi connectivity index (χ2v) is 10.6. The summed E-state index contributed by atoms with van der Waals surface area (Å²) in [6, 6.07) is 11.2. The Morgan fingerprint density at radius 1 is 1.07 bits per heavy atom. The number of nitrogens with zero attached hydrogens (tertiary/aromatic N) is 6. The van der Waals surface area contributed by atoms with Crippen LogP contribution in [-0.2, 0) is 11.2 Å². The van der Waals surface area contributed by atoms with E-state index in [1.54, 1.807) is 6.07 Å². The van der Waals surface area contributed by atoms with Crippen LogP contribution in [0.3, 0.4) is 0 Å². The predicted octanol–water partition coefficient (Wildman–Crippen LogP) is 4.56. The van der Waals surface area contributed by atoms with E-state index in [9.17, 15) is 18.0 Å². The van der Waals surface area contributed by atoms with Crippen LogP contribution in [-0.4, -0.2) is 79.6 Å². The summed E-state index contributed by atoms with van der Waals surface area (Å²) < 4.78 is 42.3. The van der Waals surface area contributed by atoms with Gasteiger partial charge in [0.1, 0.15) is 12.2 Å². The molecule has 4 heterocycles. The number of H-pyrrole nitrogens is 1. The van der Waals surface area contributed by atoms with Gasteiger partial charge in [-0.1, -0.05) is 6.07 Å². The Kier molecular flexibility index (Phi) is 7.33. The minimum absolute atomic E-state index is 0.147. The lowest BCUT2D eigenvalue weighted by molar-refractivity contribution is -0.154. The minimum Gasteiger partial charge on any atom is -0.468 e. The van der Waals surface area contributed by atoms with Crippen molar-refractivity contribution >= 4 is 16.9 Å². The number of hydrogen-bond acceptors (Lipinski definition) is 7. The van der Waals surface area contributed by atoms with Crippen LogP contribution in [0.1, 0.15) is 42.9 Å². The number of carbonyl (C=O) groups is 1. The zero-order valence-electron chi connectivity index (χ0n) is 22.6. The molecule has 6 rings (SSSR count). The molecular formula is C29H30F3N7O2. The third-order valence-corrected chi connectivity index (χ3v) is 7.62. The fourth-order valence-electron chi connectivity index (χ4n) is 5.19. The highest BCUT2D eigenvalue weighted by Crippen LogP contribution is 2.32. The zero-order valence-corrected chi connectivity index (χ0v) is 22.6. The SMILES string of the molecule is CC(c1ccnc(Cc2nc3ccc(-c4cc(OCC(F)(F)F)ncn4)cc3[nH]2)c1)N1CCN(C(=O)C2CC2)CC1. The van der Waals surface area contributed by atoms with E-state index in [0.29, 0.717) is 23.6 Å². The lowest BCUT2D eigenvalue weighted by Gasteiger charge is -2.38. The average molecular weight is 566 g/mol. The Balaban J connectivity index is 1.12. The molecule has 1 unspecified atom stereocenters. The van der Waals surface area contributed by atoms with Gasteiger partial charge in [0.05, 0.1) is 16.7 Å².